The van der Waals surface area contributed by atoms with Gasteiger partial charge in [-0.25, -0.2) is 9.18 Å². The minimum Gasteiger partial charge on any atom is -0.435 e. The highest BCUT2D eigenvalue weighted by molar-refractivity contribution is 5.89. The molecule has 1 heterocycles. The molecule has 0 saturated carbocycles. The van der Waals surface area contributed by atoms with Crippen molar-refractivity contribution in [1.82, 2.24) is 9.80 Å². The number of halogens is 3. The molecule has 0 unspecified atom stereocenters. The Hall–Kier alpha value is -3.23. The summed E-state index contributed by atoms with van der Waals surface area (Å²) in [4.78, 5) is 28.0. The second-order valence-corrected chi connectivity index (χ2v) is 6.50. The Morgan fingerprint density at radius 2 is 1.52 bits per heavy atom. The quantitative estimate of drug-likeness (QED) is 0.827. The zero-order valence-electron chi connectivity index (χ0n) is 15.5. The van der Waals surface area contributed by atoms with Crippen LogP contribution in [0.1, 0.15) is 5.56 Å². The number of amides is 3. The highest BCUT2D eigenvalue weighted by Crippen LogP contribution is 2.16. The van der Waals surface area contributed by atoms with Crippen molar-refractivity contribution in [2.45, 2.75) is 13.0 Å². The van der Waals surface area contributed by atoms with Gasteiger partial charge in [0.15, 0.2) is 0 Å². The van der Waals surface area contributed by atoms with Crippen LogP contribution in [0, 0.1) is 5.82 Å². The number of alkyl halides is 2. The number of rotatable bonds is 5. The maximum absolute atomic E-state index is 12.9. The molecule has 1 fully saturated rings. The van der Waals surface area contributed by atoms with Gasteiger partial charge in [0.25, 0.3) is 0 Å². The van der Waals surface area contributed by atoms with Crippen LogP contribution in [-0.2, 0) is 11.2 Å². The van der Waals surface area contributed by atoms with Crippen LogP contribution in [-0.4, -0.2) is 54.5 Å². The Morgan fingerprint density at radius 1 is 0.931 bits per heavy atom. The molecule has 3 amide bonds. The van der Waals surface area contributed by atoms with Crippen LogP contribution in [0.4, 0.5) is 23.7 Å². The van der Waals surface area contributed by atoms with Crippen LogP contribution in [0.2, 0.25) is 0 Å². The number of carbonyl (C=O) groups excluding carboxylic acids is 2. The van der Waals surface area contributed by atoms with Crippen molar-refractivity contribution in [1.29, 1.82) is 0 Å². The summed E-state index contributed by atoms with van der Waals surface area (Å²) in [7, 11) is 0. The minimum atomic E-state index is -2.89. The highest BCUT2D eigenvalue weighted by atomic mass is 19.3. The number of urea groups is 1. The summed E-state index contributed by atoms with van der Waals surface area (Å²) in [6, 6.07) is 11.1. The molecule has 2 aromatic carbocycles. The first-order chi connectivity index (χ1) is 13.9. The van der Waals surface area contributed by atoms with Crippen molar-refractivity contribution in [3.63, 3.8) is 0 Å². The molecule has 0 spiro atoms. The first kappa shape index (κ1) is 20.5. The second kappa shape index (κ2) is 9.31. The Labute approximate surface area is 165 Å². The topological polar surface area (TPSA) is 61.9 Å². The average molecular weight is 407 g/mol. The molecule has 2 aromatic rings. The van der Waals surface area contributed by atoms with Gasteiger partial charge in [0.1, 0.15) is 11.6 Å². The van der Waals surface area contributed by atoms with Crippen LogP contribution in [0.5, 0.6) is 5.75 Å². The lowest BCUT2D eigenvalue weighted by molar-refractivity contribution is -0.131. The molecular weight excluding hydrogens is 387 g/mol. The maximum Gasteiger partial charge on any atom is 0.387 e. The minimum absolute atomic E-state index is 0.0389. The monoisotopic (exact) mass is 407 g/mol. The molecule has 29 heavy (non-hydrogen) atoms. The average Bonchev–Trinajstić information content (AvgIpc) is 2.71. The van der Waals surface area contributed by atoms with Gasteiger partial charge < -0.3 is 19.9 Å². The molecule has 1 saturated heterocycles. The lowest BCUT2D eigenvalue weighted by atomic mass is 10.1. The number of benzene rings is 2. The molecular formula is C20H20F3N3O3. The fourth-order valence-corrected chi connectivity index (χ4v) is 2.97. The highest BCUT2D eigenvalue weighted by Gasteiger charge is 2.24. The van der Waals surface area contributed by atoms with Crippen LogP contribution < -0.4 is 10.1 Å². The summed E-state index contributed by atoms with van der Waals surface area (Å²) in [6.07, 6.45) is 0.136. The standard InChI is InChI=1S/C20H20F3N3O3/c21-15-3-5-16(6-4-15)24-20(28)26-11-9-25(10-12-26)18(27)13-14-1-7-17(8-2-14)29-19(22)23/h1-8,19H,9-13H2,(H,24,28). The molecule has 1 aliphatic rings. The van der Waals surface area contributed by atoms with E-state index in [1.54, 1.807) is 21.9 Å². The van der Waals surface area contributed by atoms with Crippen molar-refractivity contribution in [2.75, 3.05) is 31.5 Å². The third kappa shape index (κ3) is 5.87. The van der Waals surface area contributed by atoms with E-state index in [1.807, 2.05) is 0 Å². The van der Waals surface area contributed by atoms with Gasteiger partial charge in [-0.1, -0.05) is 12.1 Å². The van der Waals surface area contributed by atoms with Gasteiger partial charge in [0.2, 0.25) is 5.91 Å². The molecule has 0 aromatic heterocycles. The number of anilines is 1. The van der Waals surface area contributed by atoms with Crippen molar-refractivity contribution in [3.8, 4) is 5.75 Å². The van der Waals surface area contributed by atoms with Gasteiger partial charge in [-0.05, 0) is 42.0 Å². The summed E-state index contributed by atoms with van der Waals surface area (Å²) in [5.41, 5.74) is 1.18. The van der Waals surface area contributed by atoms with E-state index in [0.717, 1.165) is 0 Å². The first-order valence-corrected chi connectivity index (χ1v) is 9.04. The third-order valence-corrected chi connectivity index (χ3v) is 4.52. The predicted molar refractivity (Wildman–Crippen MR) is 100 cm³/mol. The zero-order chi connectivity index (χ0) is 20.8. The summed E-state index contributed by atoms with van der Waals surface area (Å²) in [5.74, 6) is -0.450. The van der Waals surface area contributed by atoms with Crippen LogP contribution in [0.15, 0.2) is 48.5 Å². The summed E-state index contributed by atoms with van der Waals surface area (Å²) in [5, 5.41) is 2.69. The SMILES string of the molecule is O=C(Cc1ccc(OC(F)F)cc1)N1CCN(C(=O)Nc2ccc(F)cc2)CC1. The van der Waals surface area contributed by atoms with Gasteiger partial charge in [0.05, 0.1) is 6.42 Å². The molecule has 1 N–H and O–H groups in total. The van der Waals surface area contributed by atoms with E-state index >= 15 is 0 Å². The molecule has 154 valence electrons. The number of nitrogens with one attached hydrogen (secondary N) is 1. The Kier molecular flexibility index (Phi) is 6.58. The summed E-state index contributed by atoms with van der Waals surface area (Å²) in [6.45, 7) is -1.36. The molecule has 6 nitrogen and oxygen atoms in total. The molecule has 0 aliphatic carbocycles. The van der Waals surface area contributed by atoms with E-state index in [9.17, 15) is 22.8 Å². The van der Waals surface area contributed by atoms with E-state index in [-0.39, 0.29) is 29.9 Å². The smallest absolute Gasteiger partial charge is 0.387 e. The van der Waals surface area contributed by atoms with E-state index in [4.69, 9.17) is 0 Å². The summed E-state index contributed by atoms with van der Waals surface area (Å²) < 4.78 is 41.5. The van der Waals surface area contributed by atoms with Crippen molar-refractivity contribution >= 4 is 17.6 Å². The van der Waals surface area contributed by atoms with Crippen LogP contribution in [0.25, 0.3) is 0 Å². The molecule has 0 bridgehead atoms. The van der Waals surface area contributed by atoms with E-state index in [0.29, 0.717) is 37.4 Å². The molecule has 1 aliphatic heterocycles. The Bertz CT molecular complexity index is 836. The lowest BCUT2D eigenvalue weighted by Crippen LogP contribution is -2.52. The lowest BCUT2D eigenvalue weighted by Gasteiger charge is -2.34. The second-order valence-electron chi connectivity index (χ2n) is 6.50. The normalized spacial score (nSPS) is 14.1. The molecule has 9 heteroatoms. The van der Waals surface area contributed by atoms with Gasteiger partial charge in [-0.2, -0.15) is 8.78 Å². The Morgan fingerprint density at radius 3 is 2.10 bits per heavy atom. The van der Waals surface area contributed by atoms with E-state index < -0.39 is 6.61 Å². The molecule has 0 atom stereocenters. The van der Waals surface area contributed by atoms with Crippen molar-refractivity contribution in [2.24, 2.45) is 0 Å². The molecule has 3 rings (SSSR count). The number of piperazine rings is 1. The largest absolute Gasteiger partial charge is 0.435 e. The van der Waals surface area contributed by atoms with E-state index in [2.05, 4.69) is 10.1 Å². The van der Waals surface area contributed by atoms with Crippen molar-refractivity contribution < 1.29 is 27.5 Å². The fourth-order valence-electron chi connectivity index (χ4n) is 2.97. The first-order valence-electron chi connectivity index (χ1n) is 9.04. The van der Waals surface area contributed by atoms with Gasteiger partial charge in [0, 0.05) is 31.9 Å². The predicted octanol–water partition coefficient (Wildman–Crippen LogP) is 3.35. The number of ether oxygens (including phenoxy) is 1. The van der Waals surface area contributed by atoms with Crippen LogP contribution >= 0.6 is 0 Å². The number of hydrogen-bond donors (Lipinski definition) is 1. The number of hydrogen-bond acceptors (Lipinski definition) is 3. The summed E-state index contributed by atoms with van der Waals surface area (Å²) >= 11 is 0. The Balaban J connectivity index is 1.46. The number of nitrogens with zero attached hydrogens (tertiary/aromatic N) is 2. The molecule has 0 radical (unpaired) electrons. The maximum atomic E-state index is 12.9. The van der Waals surface area contributed by atoms with Crippen LogP contribution in [0.3, 0.4) is 0 Å². The third-order valence-electron chi connectivity index (χ3n) is 4.52. The van der Waals surface area contributed by atoms with Gasteiger partial charge in [-0.3, -0.25) is 4.79 Å². The zero-order valence-corrected chi connectivity index (χ0v) is 15.5. The van der Waals surface area contributed by atoms with Gasteiger partial charge >= 0.3 is 12.6 Å². The fraction of sp³-hybridized carbons (Fsp3) is 0.300. The van der Waals surface area contributed by atoms with Gasteiger partial charge in [-0.15, -0.1) is 0 Å². The van der Waals surface area contributed by atoms with Crippen molar-refractivity contribution in [3.05, 3.63) is 59.9 Å². The number of carbonyl (C=O) groups is 2. The van der Waals surface area contributed by atoms with E-state index in [1.165, 1.54) is 36.4 Å².